The van der Waals surface area contributed by atoms with Crippen molar-refractivity contribution in [3.63, 3.8) is 0 Å². The molecule has 0 spiro atoms. The summed E-state index contributed by atoms with van der Waals surface area (Å²) in [5, 5.41) is 3.30. The van der Waals surface area contributed by atoms with Crippen LogP contribution in [-0.2, 0) is 0 Å². The zero-order chi connectivity index (χ0) is 24.7. The zero-order valence-corrected chi connectivity index (χ0v) is 19.9. The van der Waals surface area contributed by atoms with E-state index in [4.69, 9.17) is 14.9 Å². The molecule has 182 valence electrons. The summed E-state index contributed by atoms with van der Waals surface area (Å²) in [7, 11) is 3.57. The van der Waals surface area contributed by atoms with Crippen LogP contribution < -0.4 is 25.6 Å². The number of hydrogen-bond acceptors (Lipinski definition) is 8. The van der Waals surface area contributed by atoms with Crippen molar-refractivity contribution in [3.8, 4) is 5.75 Å². The topological polar surface area (TPSA) is 117 Å². The molecule has 3 N–H and O–H groups in total. The summed E-state index contributed by atoms with van der Waals surface area (Å²) >= 11 is 0. The third-order valence-electron chi connectivity index (χ3n) is 6.39. The number of likely N-dealkylation sites (tertiary alicyclic amines) is 1. The maximum absolute atomic E-state index is 12.9. The number of nitrogens with two attached hydrogens (primary N) is 1. The van der Waals surface area contributed by atoms with Gasteiger partial charge in [-0.1, -0.05) is 0 Å². The Morgan fingerprint density at radius 3 is 2.77 bits per heavy atom. The number of furan rings is 1. The van der Waals surface area contributed by atoms with E-state index in [9.17, 15) is 9.59 Å². The van der Waals surface area contributed by atoms with Gasteiger partial charge in [0.25, 0.3) is 11.8 Å². The zero-order valence-electron chi connectivity index (χ0n) is 19.9. The van der Waals surface area contributed by atoms with Gasteiger partial charge in [0.05, 0.1) is 41.8 Å². The summed E-state index contributed by atoms with van der Waals surface area (Å²) in [4.78, 5) is 35.4. The number of hydrogen-bond donors (Lipinski definition) is 2. The Balaban J connectivity index is 1.45. The summed E-state index contributed by atoms with van der Waals surface area (Å²) in [6.07, 6.45) is 3.96. The first-order chi connectivity index (χ1) is 16.9. The molecule has 0 aliphatic carbocycles. The number of nitrogens with zero attached hydrogens (tertiary/aromatic N) is 4. The number of pyridine rings is 1. The largest absolute Gasteiger partial charge is 0.492 e. The molecule has 10 heteroatoms. The third kappa shape index (κ3) is 4.06. The Bertz CT molecular complexity index is 1290. The highest BCUT2D eigenvalue weighted by molar-refractivity contribution is 6.11. The molecule has 0 bridgehead atoms. The van der Waals surface area contributed by atoms with Gasteiger partial charge in [0.1, 0.15) is 11.6 Å². The minimum atomic E-state index is -0.240. The standard InChI is InChI=1S/C25H28N6O4/c1-4-34-21-11-15(24(32)31-9-7-16(26)14-31)5-6-17(21)28-22-12-19-20(13-27-22)30(3)25(33)23-18(29(19)2)8-10-35-23/h5-6,8,10-13,16H,4,7,9,14,26H2,1-3H3,(H,27,28). The van der Waals surface area contributed by atoms with Gasteiger partial charge < -0.3 is 34.9 Å². The van der Waals surface area contributed by atoms with Crippen molar-refractivity contribution < 1.29 is 18.7 Å². The van der Waals surface area contributed by atoms with E-state index in [2.05, 4.69) is 10.3 Å². The molecular formula is C25H28N6O4. The van der Waals surface area contributed by atoms with Gasteiger partial charge in [-0.25, -0.2) is 4.98 Å². The van der Waals surface area contributed by atoms with Crippen LogP contribution in [-0.4, -0.2) is 61.5 Å². The Morgan fingerprint density at radius 1 is 1.20 bits per heavy atom. The number of carbonyl (C=O) groups is 2. The van der Waals surface area contributed by atoms with Gasteiger partial charge in [0.15, 0.2) is 0 Å². The molecule has 2 aliphatic rings. The summed E-state index contributed by atoms with van der Waals surface area (Å²) in [6, 6.07) is 8.99. The molecule has 0 radical (unpaired) electrons. The number of carbonyl (C=O) groups excluding carboxylic acids is 2. The van der Waals surface area contributed by atoms with Gasteiger partial charge in [0, 0.05) is 50.9 Å². The number of fused-ring (bicyclic) bond motifs is 2. The second-order valence-corrected chi connectivity index (χ2v) is 8.69. The number of aromatic nitrogens is 1. The van der Waals surface area contributed by atoms with E-state index in [1.807, 2.05) is 31.0 Å². The van der Waals surface area contributed by atoms with Gasteiger partial charge in [-0.3, -0.25) is 9.59 Å². The first-order valence-corrected chi connectivity index (χ1v) is 11.6. The number of rotatable bonds is 5. The summed E-state index contributed by atoms with van der Waals surface area (Å²) < 4.78 is 11.3. The average molecular weight is 477 g/mol. The maximum atomic E-state index is 12.9. The van der Waals surface area contributed by atoms with Gasteiger partial charge in [-0.05, 0) is 31.5 Å². The molecule has 1 unspecified atom stereocenters. The highest BCUT2D eigenvalue weighted by Gasteiger charge is 2.31. The molecule has 1 atom stereocenters. The van der Waals surface area contributed by atoms with E-state index < -0.39 is 0 Å². The minimum Gasteiger partial charge on any atom is -0.492 e. The maximum Gasteiger partial charge on any atom is 0.296 e. The van der Waals surface area contributed by atoms with Crippen molar-refractivity contribution in [3.05, 3.63) is 54.1 Å². The van der Waals surface area contributed by atoms with Gasteiger partial charge >= 0.3 is 0 Å². The minimum absolute atomic E-state index is 0.0242. The van der Waals surface area contributed by atoms with Crippen LogP contribution in [0.4, 0.5) is 28.6 Å². The van der Waals surface area contributed by atoms with Gasteiger partial charge in [-0.2, -0.15) is 0 Å². The van der Waals surface area contributed by atoms with Crippen molar-refractivity contribution in [1.82, 2.24) is 9.88 Å². The fourth-order valence-corrected chi connectivity index (χ4v) is 4.48. The van der Waals surface area contributed by atoms with Crippen LogP contribution >= 0.6 is 0 Å². The second kappa shape index (κ2) is 8.95. The van der Waals surface area contributed by atoms with Crippen LogP contribution in [0, 0.1) is 0 Å². The molecule has 2 aliphatic heterocycles. The number of anilines is 5. The number of benzene rings is 1. The van der Waals surface area contributed by atoms with Crippen molar-refractivity contribution in [1.29, 1.82) is 0 Å². The van der Waals surface area contributed by atoms with Crippen molar-refractivity contribution >= 4 is 40.4 Å². The summed E-state index contributed by atoms with van der Waals surface area (Å²) in [5.41, 5.74) is 9.32. The van der Waals surface area contributed by atoms with Crippen LogP contribution in [0.1, 0.15) is 34.3 Å². The predicted octanol–water partition coefficient (Wildman–Crippen LogP) is 3.35. The molecular weight excluding hydrogens is 448 g/mol. The van der Waals surface area contributed by atoms with E-state index in [-0.39, 0.29) is 23.6 Å². The molecule has 1 saturated heterocycles. The first-order valence-electron chi connectivity index (χ1n) is 11.6. The average Bonchev–Trinajstić information content (AvgIpc) is 3.51. The fourth-order valence-electron chi connectivity index (χ4n) is 4.48. The lowest BCUT2D eigenvalue weighted by Gasteiger charge is -2.22. The molecule has 4 heterocycles. The van der Waals surface area contributed by atoms with E-state index in [0.29, 0.717) is 53.9 Å². The predicted molar refractivity (Wildman–Crippen MR) is 133 cm³/mol. The van der Waals surface area contributed by atoms with Crippen LogP contribution in [0.5, 0.6) is 5.75 Å². The Labute approximate surface area is 203 Å². The second-order valence-electron chi connectivity index (χ2n) is 8.69. The normalized spacial score (nSPS) is 17.2. The van der Waals surface area contributed by atoms with Crippen molar-refractivity contribution in [2.24, 2.45) is 5.73 Å². The van der Waals surface area contributed by atoms with Crippen LogP contribution in [0.25, 0.3) is 0 Å². The fraction of sp³-hybridized carbons (Fsp3) is 0.320. The number of amides is 2. The molecule has 35 heavy (non-hydrogen) atoms. The molecule has 2 amide bonds. The highest BCUT2D eigenvalue weighted by Crippen LogP contribution is 2.41. The van der Waals surface area contributed by atoms with E-state index in [0.717, 1.165) is 12.1 Å². The quantitative estimate of drug-likeness (QED) is 0.576. The van der Waals surface area contributed by atoms with Gasteiger partial charge in [-0.15, -0.1) is 0 Å². The molecule has 0 saturated carbocycles. The van der Waals surface area contributed by atoms with E-state index in [1.54, 1.807) is 36.3 Å². The monoisotopic (exact) mass is 476 g/mol. The number of ether oxygens (including phenoxy) is 1. The van der Waals surface area contributed by atoms with Crippen molar-refractivity contribution in [2.75, 3.05) is 48.9 Å². The van der Waals surface area contributed by atoms with Crippen LogP contribution in [0.3, 0.4) is 0 Å². The van der Waals surface area contributed by atoms with Crippen LogP contribution in [0.15, 0.2) is 47.2 Å². The molecule has 5 rings (SSSR count). The summed E-state index contributed by atoms with van der Waals surface area (Å²) in [5.74, 6) is 1.10. The third-order valence-corrected chi connectivity index (χ3v) is 6.39. The van der Waals surface area contributed by atoms with Crippen molar-refractivity contribution in [2.45, 2.75) is 19.4 Å². The lowest BCUT2D eigenvalue weighted by Crippen LogP contribution is -2.31. The lowest BCUT2D eigenvalue weighted by atomic mass is 10.1. The molecule has 1 fully saturated rings. The Kier molecular flexibility index (Phi) is 5.81. The molecule has 1 aromatic carbocycles. The molecule has 3 aromatic rings. The van der Waals surface area contributed by atoms with Gasteiger partial charge in [0.2, 0.25) is 5.76 Å². The smallest absolute Gasteiger partial charge is 0.296 e. The molecule has 10 nitrogen and oxygen atoms in total. The SMILES string of the molecule is CCOc1cc(C(=O)N2CCC(N)C2)ccc1Nc1cc2c(cn1)N(C)C(=O)c1occc1N2C. The Hall–Kier alpha value is -4.05. The van der Waals surface area contributed by atoms with E-state index >= 15 is 0 Å². The Morgan fingerprint density at radius 2 is 2.03 bits per heavy atom. The number of nitrogens with one attached hydrogen (secondary N) is 1. The van der Waals surface area contributed by atoms with Crippen LogP contribution in [0.2, 0.25) is 0 Å². The molecule has 2 aromatic heterocycles. The first kappa shape index (κ1) is 22.7. The highest BCUT2D eigenvalue weighted by atomic mass is 16.5. The van der Waals surface area contributed by atoms with E-state index in [1.165, 1.54) is 11.2 Å². The summed E-state index contributed by atoms with van der Waals surface area (Å²) in [6.45, 7) is 3.55. The lowest BCUT2D eigenvalue weighted by molar-refractivity contribution is 0.0790.